The molecule has 0 radical (unpaired) electrons. The topological polar surface area (TPSA) is 52.6 Å². The van der Waals surface area contributed by atoms with E-state index in [1.165, 1.54) is 0 Å². The van der Waals surface area contributed by atoms with E-state index in [0.29, 0.717) is 25.5 Å². The van der Waals surface area contributed by atoms with Crippen LogP contribution in [0.25, 0.3) is 0 Å². The smallest absolute Gasteiger partial charge is 0.306 e. The highest BCUT2D eigenvalue weighted by atomic mass is 19.2. The zero-order chi connectivity index (χ0) is 20.1. The number of carbonyl (C=O) groups excluding carboxylic acids is 2. The molecule has 0 spiro atoms. The Morgan fingerprint density at radius 2 is 1.33 bits per heavy atom. The van der Waals surface area contributed by atoms with E-state index in [4.69, 9.17) is 9.47 Å². The number of carbonyl (C=O) groups is 2. The van der Waals surface area contributed by atoms with Gasteiger partial charge in [-0.3, -0.25) is 9.59 Å². The van der Waals surface area contributed by atoms with Gasteiger partial charge in [0, 0.05) is 12.8 Å². The Hall–Kier alpha value is -2.05. The number of rotatable bonds is 13. The summed E-state index contributed by atoms with van der Waals surface area (Å²) < 4.78 is 49.7. The molecular formula is C20H27F3O4. The summed E-state index contributed by atoms with van der Waals surface area (Å²) in [5.41, 5.74) is -0.583. The summed E-state index contributed by atoms with van der Waals surface area (Å²) in [5.74, 6) is -4.19. The molecule has 1 rings (SSSR count). The van der Waals surface area contributed by atoms with Crippen LogP contribution in [0, 0.1) is 17.5 Å². The maximum atomic E-state index is 13.4. The van der Waals surface area contributed by atoms with Crippen LogP contribution < -0.4 is 0 Å². The highest BCUT2D eigenvalue weighted by molar-refractivity contribution is 5.69. The summed E-state index contributed by atoms with van der Waals surface area (Å²) in [4.78, 5) is 22.9. The van der Waals surface area contributed by atoms with Crippen molar-refractivity contribution in [2.24, 2.45) is 0 Å². The molecule has 0 bridgehead atoms. The van der Waals surface area contributed by atoms with Gasteiger partial charge in [-0.25, -0.2) is 13.2 Å². The number of benzene rings is 1. The molecule has 0 saturated heterocycles. The summed E-state index contributed by atoms with van der Waals surface area (Å²) >= 11 is 0. The van der Waals surface area contributed by atoms with E-state index < -0.39 is 35.6 Å². The molecule has 0 saturated carbocycles. The Kier molecular flexibility index (Phi) is 11.2. The predicted molar refractivity (Wildman–Crippen MR) is 94.3 cm³/mol. The molecule has 1 aromatic carbocycles. The van der Waals surface area contributed by atoms with Gasteiger partial charge in [-0.2, -0.15) is 0 Å². The second-order valence-electron chi connectivity index (χ2n) is 6.32. The van der Waals surface area contributed by atoms with Gasteiger partial charge in [-0.15, -0.1) is 0 Å². The van der Waals surface area contributed by atoms with Gasteiger partial charge in [0.05, 0.1) is 12.2 Å². The SMILES string of the molecule is CCCOC(=O)CCCCCCCCC(=O)OCc1c(F)ccc(F)c1F. The number of halogens is 3. The molecule has 27 heavy (non-hydrogen) atoms. The van der Waals surface area contributed by atoms with Crippen LogP contribution in [0.1, 0.15) is 70.3 Å². The molecule has 0 aliphatic rings. The van der Waals surface area contributed by atoms with Gasteiger partial charge in [0.2, 0.25) is 0 Å². The van der Waals surface area contributed by atoms with E-state index in [2.05, 4.69) is 0 Å². The van der Waals surface area contributed by atoms with E-state index in [1.807, 2.05) is 6.92 Å². The van der Waals surface area contributed by atoms with E-state index in [0.717, 1.165) is 44.6 Å². The van der Waals surface area contributed by atoms with Crippen molar-refractivity contribution >= 4 is 11.9 Å². The molecule has 0 aliphatic carbocycles. The Bertz CT molecular complexity index is 605. The zero-order valence-electron chi connectivity index (χ0n) is 15.7. The second-order valence-corrected chi connectivity index (χ2v) is 6.32. The molecule has 7 heteroatoms. The first-order valence-electron chi connectivity index (χ1n) is 9.39. The summed E-state index contributed by atoms with van der Waals surface area (Å²) in [7, 11) is 0. The van der Waals surface area contributed by atoms with Crippen molar-refractivity contribution < 1.29 is 32.2 Å². The monoisotopic (exact) mass is 388 g/mol. The number of unbranched alkanes of at least 4 members (excludes halogenated alkanes) is 5. The van der Waals surface area contributed by atoms with Gasteiger partial charge in [0.15, 0.2) is 11.6 Å². The normalized spacial score (nSPS) is 10.7. The standard InChI is InChI=1S/C20H27F3O4/c1-2-13-26-18(24)9-7-5-3-4-6-8-10-19(25)27-14-15-16(21)11-12-17(22)20(15)23/h11-12H,2-10,13-14H2,1H3. The molecule has 0 aliphatic heterocycles. The first-order valence-corrected chi connectivity index (χ1v) is 9.39. The lowest BCUT2D eigenvalue weighted by atomic mass is 10.1. The summed E-state index contributed by atoms with van der Waals surface area (Å²) in [6.45, 7) is 1.79. The van der Waals surface area contributed by atoms with Gasteiger partial charge in [-0.05, 0) is 31.4 Å². The Labute approximate surface area is 158 Å². The number of ether oxygens (including phenoxy) is 2. The van der Waals surface area contributed by atoms with Crippen molar-refractivity contribution in [1.29, 1.82) is 0 Å². The van der Waals surface area contributed by atoms with Crippen molar-refractivity contribution in [3.05, 3.63) is 35.1 Å². The molecule has 0 fully saturated rings. The van der Waals surface area contributed by atoms with E-state index in [9.17, 15) is 22.8 Å². The molecule has 0 aromatic heterocycles. The van der Waals surface area contributed by atoms with Crippen molar-refractivity contribution in [3.8, 4) is 0 Å². The lowest BCUT2D eigenvalue weighted by Crippen LogP contribution is -2.08. The lowest BCUT2D eigenvalue weighted by Gasteiger charge is -2.07. The fourth-order valence-electron chi connectivity index (χ4n) is 2.46. The average Bonchev–Trinajstić information content (AvgIpc) is 2.65. The molecule has 4 nitrogen and oxygen atoms in total. The molecule has 0 amide bonds. The van der Waals surface area contributed by atoms with Gasteiger partial charge < -0.3 is 9.47 Å². The Morgan fingerprint density at radius 1 is 0.815 bits per heavy atom. The molecule has 0 N–H and O–H groups in total. The minimum Gasteiger partial charge on any atom is -0.466 e. The minimum atomic E-state index is -1.33. The molecule has 1 aromatic rings. The fraction of sp³-hybridized carbons (Fsp3) is 0.600. The second kappa shape index (κ2) is 13.2. The largest absolute Gasteiger partial charge is 0.466 e. The van der Waals surface area contributed by atoms with Crippen molar-refractivity contribution in [3.63, 3.8) is 0 Å². The highest BCUT2D eigenvalue weighted by Gasteiger charge is 2.15. The van der Waals surface area contributed by atoms with Crippen LogP contribution >= 0.6 is 0 Å². The molecule has 0 atom stereocenters. The quantitative estimate of drug-likeness (QED) is 0.264. The van der Waals surface area contributed by atoms with Crippen molar-refractivity contribution in [2.45, 2.75) is 71.3 Å². The summed E-state index contributed by atoms with van der Waals surface area (Å²) in [5, 5.41) is 0. The van der Waals surface area contributed by atoms with Crippen LogP contribution in [0.2, 0.25) is 0 Å². The summed E-state index contributed by atoms with van der Waals surface area (Å²) in [6.07, 6.45) is 6.39. The van der Waals surface area contributed by atoms with E-state index >= 15 is 0 Å². The molecular weight excluding hydrogens is 361 g/mol. The minimum absolute atomic E-state index is 0.141. The van der Waals surface area contributed by atoms with Crippen LogP contribution in [-0.4, -0.2) is 18.5 Å². The maximum absolute atomic E-state index is 13.4. The third kappa shape index (κ3) is 9.45. The van der Waals surface area contributed by atoms with Crippen LogP contribution in [0.3, 0.4) is 0 Å². The zero-order valence-corrected chi connectivity index (χ0v) is 15.7. The predicted octanol–water partition coefficient (Wildman–Crippen LogP) is 5.22. The highest BCUT2D eigenvalue weighted by Crippen LogP contribution is 2.17. The van der Waals surface area contributed by atoms with E-state index in [-0.39, 0.29) is 12.4 Å². The van der Waals surface area contributed by atoms with Crippen LogP contribution in [0.5, 0.6) is 0 Å². The van der Waals surface area contributed by atoms with Gasteiger partial charge in [0.1, 0.15) is 12.4 Å². The van der Waals surface area contributed by atoms with Crippen LogP contribution in [0.15, 0.2) is 12.1 Å². The number of esters is 2. The van der Waals surface area contributed by atoms with Gasteiger partial charge in [0.25, 0.3) is 0 Å². The molecule has 0 unspecified atom stereocenters. The third-order valence-corrected chi connectivity index (χ3v) is 4.00. The van der Waals surface area contributed by atoms with Gasteiger partial charge >= 0.3 is 11.9 Å². The van der Waals surface area contributed by atoms with Gasteiger partial charge in [-0.1, -0.05) is 32.6 Å². The van der Waals surface area contributed by atoms with Crippen LogP contribution in [0.4, 0.5) is 13.2 Å². The molecule has 0 heterocycles. The van der Waals surface area contributed by atoms with Crippen LogP contribution in [-0.2, 0) is 25.7 Å². The molecule has 152 valence electrons. The summed E-state index contributed by atoms with van der Waals surface area (Å²) in [6, 6.07) is 1.48. The maximum Gasteiger partial charge on any atom is 0.306 e. The third-order valence-electron chi connectivity index (χ3n) is 4.00. The fourth-order valence-corrected chi connectivity index (χ4v) is 2.46. The average molecular weight is 388 g/mol. The number of hydrogen-bond acceptors (Lipinski definition) is 4. The number of hydrogen-bond donors (Lipinski definition) is 0. The Balaban J connectivity index is 2.07. The van der Waals surface area contributed by atoms with Crippen molar-refractivity contribution in [1.82, 2.24) is 0 Å². The van der Waals surface area contributed by atoms with Crippen molar-refractivity contribution in [2.75, 3.05) is 6.61 Å². The lowest BCUT2D eigenvalue weighted by molar-refractivity contribution is -0.145. The van der Waals surface area contributed by atoms with E-state index in [1.54, 1.807) is 0 Å². The Morgan fingerprint density at radius 3 is 1.93 bits per heavy atom. The first kappa shape index (κ1) is 23.0. The first-order chi connectivity index (χ1) is 13.0.